The molecule has 0 radical (unpaired) electrons. The molecule has 2 aromatic carbocycles. The van der Waals surface area contributed by atoms with E-state index in [2.05, 4.69) is 21.2 Å². The van der Waals surface area contributed by atoms with Crippen molar-refractivity contribution < 1.29 is 17.9 Å². The van der Waals surface area contributed by atoms with Crippen LogP contribution in [0, 0.1) is 6.92 Å². The molecule has 1 atom stereocenters. The molecule has 1 unspecified atom stereocenters. The molecule has 0 saturated carbocycles. The van der Waals surface area contributed by atoms with Crippen LogP contribution < -0.4 is 10.1 Å². The molecule has 5 nitrogen and oxygen atoms in total. The molecular formula is C18H20BrNO4S. The van der Waals surface area contributed by atoms with Gasteiger partial charge < -0.3 is 10.1 Å². The van der Waals surface area contributed by atoms with Gasteiger partial charge in [0.15, 0.2) is 16.4 Å². The topological polar surface area (TPSA) is 72.5 Å². The highest BCUT2D eigenvalue weighted by Gasteiger charge is 2.12. The molecule has 0 fully saturated rings. The first-order valence-corrected chi connectivity index (χ1v) is 10.3. The van der Waals surface area contributed by atoms with Crippen molar-refractivity contribution >= 4 is 31.7 Å². The molecule has 2 rings (SSSR count). The minimum absolute atomic E-state index is 0.0904. The van der Waals surface area contributed by atoms with Gasteiger partial charge in [0.05, 0.1) is 10.9 Å². The van der Waals surface area contributed by atoms with Crippen LogP contribution in [0.2, 0.25) is 0 Å². The summed E-state index contributed by atoms with van der Waals surface area (Å²) in [6.07, 6.45) is 1.16. The number of carbonyl (C=O) groups is 1. The van der Waals surface area contributed by atoms with E-state index in [1.54, 1.807) is 18.2 Å². The molecular weight excluding hydrogens is 406 g/mol. The van der Waals surface area contributed by atoms with Crippen LogP contribution in [0.4, 0.5) is 0 Å². The van der Waals surface area contributed by atoms with E-state index >= 15 is 0 Å². The summed E-state index contributed by atoms with van der Waals surface area (Å²) in [5.41, 5.74) is 1.84. The summed E-state index contributed by atoms with van der Waals surface area (Å²) in [7, 11) is -3.22. The molecule has 0 spiro atoms. The van der Waals surface area contributed by atoms with Gasteiger partial charge in [-0.3, -0.25) is 4.79 Å². The third kappa shape index (κ3) is 5.57. The number of aryl methyl sites for hydroxylation is 1. The van der Waals surface area contributed by atoms with Crippen LogP contribution in [0.5, 0.6) is 5.75 Å². The van der Waals surface area contributed by atoms with Crippen molar-refractivity contribution in [2.24, 2.45) is 0 Å². The third-order valence-electron chi connectivity index (χ3n) is 3.69. The van der Waals surface area contributed by atoms with Crippen LogP contribution in [0.1, 0.15) is 24.1 Å². The molecule has 0 bridgehead atoms. The Bertz CT molecular complexity index is 863. The van der Waals surface area contributed by atoms with Crippen molar-refractivity contribution in [2.45, 2.75) is 24.8 Å². The summed E-state index contributed by atoms with van der Waals surface area (Å²) in [4.78, 5) is 12.3. The first-order chi connectivity index (χ1) is 11.7. The molecule has 0 aliphatic rings. The summed E-state index contributed by atoms with van der Waals surface area (Å²) in [6, 6.07) is 11.7. The molecule has 2 aromatic rings. The monoisotopic (exact) mass is 425 g/mol. The molecule has 0 aliphatic heterocycles. The summed E-state index contributed by atoms with van der Waals surface area (Å²) in [6.45, 7) is 3.68. The minimum Gasteiger partial charge on any atom is -0.484 e. The number of nitrogens with one attached hydrogen (secondary N) is 1. The maximum Gasteiger partial charge on any atom is 0.258 e. The Morgan fingerprint density at radius 2 is 1.84 bits per heavy atom. The Kier molecular flexibility index (Phi) is 6.24. The van der Waals surface area contributed by atoms with E-state index in [0.29, 0.717) is 5.75 Å². The molecule has 0 aromatic heterocycles. The van der Waals surface area contributed by atoms with Gasteiger partial charge in [-0.05, 0) is 55.3 Å². The van der Waals surface area contributed by atoms with Crippen LogP contribution in [-0.4, -0.2) is 27.2 Å². The average Bonchev–Trinajstić information content (AvgIpc) is 2.55. The second-order valence-electron chi connectivity index (χ2n) is 5.83. The Hall–Kier alpha value is -1.86. The highest BCUT2D eigenvalue weighted by Crippen LogP contribution is 2.21. The summed E-state index contributed by atoms with van der Waals surface area (Å²) in [5.74, 6) is 0.376. The Balaban J connectivity index is 1.92. The van der Waals surface area contributed by atoms with E-state index < -0.39 is 9.84 Å². The lowest BCUT2D eigenvalue weighted by atomic mass is 10.1. The normalized spacial score (nSPS) is 12.5. The largest absolute Gasteiger partial charge is 0.484 e. The molecule has 1 N–H and O–H groups in total. The van der Waals surface area contributed by atoms with E-state index in [0.717, 1.165) is 21.9 Å². The van der Waals surface area contributed by atoms with Crippen molar-refractivity contribution in [1.29, 1.82) is 0 Å². The second kappa shape index (κ2) is 8.01. The van der Waals surface area contributed by atoms with Crippen LogP contribution >= 0.6 is 15.9 Å². The number of rotatable bonds is 6. The van der Waals surface area contributed by atoms with Crippen molar-refractivity contribution in [2.75, 3.05) is 12.9 Å². The maximum absolute atomic E-state index is 12.0. The Labute approximate surface area is 156 Å². The molecule has 134 valence electrons. The first-order valence-electron chi connectivity index (χ1n) is 7.65. The predicted molar refractivity (Wildman–Crippen MR) is 100 cm³/mol. The molecule has 0 heterocycles. The predicted octanol–water partition coefficient (Wildman–Crippen LogP) is 3.42. The van der Waals surface area contributed by atoms with Gasteiger partial charge in [0.1, 0.15) is 5.75 Å². The lowest BCUT2D eigenvalue weighted by molar-refractivity contribution is -0.123. The van der Waals surface area contributed by atoms with Gasteiger partial charge in [-0.1, -0.05) is 28.1 Å². The summed E-state index contributed by atoms with van der Waals surface area (Å²) < 4.78 is 29.4. The quantitative estimate of drug-likeness (QED) is 0.769. The van der Waals surface area contributed by atoms with Crippen molar-refractivity contribution in [3.8, 4) is 5.75 Å². The van der Waals surface area contributed by atoms with Gasteiger partial charge in [0, 0.05) is 10.7 Å². The van der Waals surface area contributed by atoms with Gasteiger partial charge >= 0.3 is 0 Å². The fraction of sp³-hybridized carbons (Fsp3) is 0.278. The Morgan fingerprint density at radius 1 is 1.20 bits per heavy atom. The lowest BCUT2D eigenvalue weighted by Crippen LogP contribution is -2.31. The zero-order chi connectivity index (χ0) is 18.6. The van der Waals surface area contributed by atoms with Crippen LogP contribution in [0.15, 0.2) is 51.8 Å². The van der Waals surface area contributed by atoms with Crippen LogP contribution in [-0.2, 0) is 14.6 Å². The molecule has 25 heavy (non-hydrogen) atoms. The molecule has 1 amide bonds. The van der Waals surface area contributed by atoms with Gasteiger partial charge in [-0.15, -0.1) is 0 Å². The number of sulfone groups is 1. The fourth-order valence-corrected chi connectivity index (χ4v) is 3.10. The van der Waals surface area contributed by atoms with E-state index in [9.17, 15) is 13.2 Å². The SMILES string of the molecule is Cc1cc(OCC(=O)NC(C)c2ccc(S(C)(=O)=O)cc2)ccc1Br. The van der Waals surface area contributed by atoms with Crippen LogP contribution in [0.25, 0.3) is 0 Å². The molecule has 7 heteroatoms. The van der Waals surface area contributed by atoms with E-state index in [1.807, 2.05) is 26.0 Å². The van der Waals surface area contributed by atoms with Crippen molar-refractivity contribution in [3.05, 3.63) is 58.1 Å². The highest BCUT2D eigenvalue weighted by molar-refractivity contribution is 9.10. The maximum atomic E-state index is 12.0. The number of hydrogen-bond donors (Lipinski definition) is 1. The van der Waals surface area contributed by atoms with Crippen molar-refractivity contribution in [1.82, 2.24) is 5.32 Å². The number of ether oxygens (including phenoxy) is 1. The van der Waals surface area contributed by atoms with Crippen LogP contribution in [0.3, 0.4) is 0 Å². The zero-order valence-electron chi connectivity index (χ0n) is 14.2. The summed E-state index contributed by atoms with van der Waals surface area (Å²) in [5, 5.41) is 2.83. The molecule has 0 aliphatic carbocycles. The standard InChI is InChI=1S/C18H20BrNO4S/c1-12-10-15(6-9-17(12)19)24-11-18(21)20-13(2)14-4-7-16(8-5-14)25(3,22)23/h4-10,13H,11H2,1-3H3,(H,20,21). The Morgan fingerprint density at radius 3 is 2.40 bits per heavy atom. The van der Waals surface area contributed by atoms with Gasteiger partial charge in [0.2, 0.25) is 0 Å². The van der Waals surface area contributed by atoms with Gasteiger partial charge in [-0.2, -0.15) is 0 Å². The van der Waals surface area contributed by atoms with E-state index in [-0.39, 0.29) is 23.5 Å². The first kappa shape index (κ1) is 19.5. The average molecular weight is 426 g/mol. The number of amides is 1. The minimum atomic E-state index is -3.22. The van der Waals surface area contributed by atoms with Gasteiger partial charge in [-0.25, -0.2) is 8.42 Å². The fourth-order valence-electron chi connectivity index (χ4n) is 2.23. The van der Waals surface area contributed by atoms with E-state index in [1.165, 1.54) is 12.1 Å². The third-order valence-corrected chi connectivity index (χ3v) is 5.70. The highest BCUT2D eigenvalue weighted by atomic mass is 79.9. The van der Waals surface area contributed by atoms with E-state index in [4.69, 9.17) is 4.74 Å². The number of benzene rings is 2. The number of hydrogen-bond acceptors (Lipinski definition) is 4. The number of halogens is 1. The van der Waals surface area contributed by atoms with Crippen molar-refractivity contribution in [3.63, 3.8) is 0 Å². The summed E-state index contributed by atoms with van der Waals surface area (Å²) >= 11 is 3.41. The number of carbonyl (C=O) groups excluding carboxylic acids is 1. The lowest BCUT2D eigenvalue weighted by Gasteiger charge is -2.15. The van der Waals surface area contributed by atoms with Gasteiger partial charge in [0.25, 0.3) is 5.91 Å². The zero-order valence-corrected chi connectivity index (χ0v) is 16.6. The molecule has 0 saturated heterocycles. The second-order valence-corrected chi connectivity index (χ2v) is 8.70. The smallest absolute Gasteiger partial charge is 0.258 e.